The van der Waals surface area contributed by atoms with Crippen molar-refractivity contribution in [3.8, 4) is 0 Å². The van der Waals surface area contributed by atoms with Crippen LogP contribution in [0.15, 0.2) is 0 Å². The number of halogens is 1. The predicted molar refractivity (Wildman–Crippen MR) is 37.7 cm³/mol. The first-order valence-electron chi connectivity index (χ1n) is 3.07. The second-order valence-corrected chi connectivity index (χ2v) is 3.59. The molecule has 1 N–H and O–H groups in total. The molecule has 0 saturated heterocycles. The number of carbonyl (C=O) groups is 1. The van der Waals surface area contributed by atoms with Crippen molar-refractivity contribution < 1.29 is 9.90 Å². The van der Waals surface area contributed by atoms with Crippen LogP contribution in [0.3, 0.4) is 0 Å². The normalized spacial score (nSPS) is 21.4. The lowest BCUT2D eigenvalue weighted by Crippen LogP contribution is -2.12. The Morgan fingerprint density at radius 1 is 1.78 bits per heavy atom. The molecule has 0 aromatic heterocycles. The molecule has 1 rings (SSSR count). The molecule has 1 saturated carbocycles. The maximum absolute atomic E-state index is 10.2. The van der Waals surface area contributed by atoms with Gasteiger partial charge in [0.2, 0.25) is 0 Å². The van der Waals surface area contributed by atoms with E-state index >= 15 is 0 Å². The highest BCUT2D eigenvalue weighted by Crippen LogP contribution is 2.35. The minimum atomic E-state index is -0.734. The Bertz CT molecular complexity index is 120. The third kappa shape index (κ3) is 2.35. The summed E-state index contributed by atoms with van der Waals surface area (Å²) in [6, 6.07) is 0. The molecule has 0 aliphatic heterocycles. The Morgan fingerprint density at radius 3 is 2.67 bits per heavy atom. The summed E-state index contributed by atoms with van der Waals surface area (Å²) in [6.45, 7) is 0. The second-order valence-electron chi connectivity index (χ2n) is 2.48. The van der Waals surface area contributed by atoms with Gasteiger partial charge in [0.15, 0.2) is 0 Å². The molecule has 0 radical (unpaired) electrons. The lowest BCUT2D eigenvalue weighted by molar-refractivity contribution is -0.136. The number of rotatable bonds is 3. The Kier molecular flexibility index (Phi) is 2.11. The average molecular weight is 193 g/mol. The van der Waals surface area contributed by atoms with Crippen LogP contribution in [0.5, 0.6) is 0 Å². The fourth-order valence-electron chi connectivity index (χ4n) is 0.747. The summed E-state index contributed by atoms with van der Waals surface area (Å²) in [6.07, 6.45) is 3.24. The van der Waals surface area contributed by atoms with Gasteiger partial charge in [0.1, 0.15) is 4.83 Å². The fraction of sp³-hybridized carbons (Fsp3) is 0.833. The van der Waals surface area contributed by atoms with E-state index in [4.69, 9.17) is 5.11 Å². The summed E-state index contributed by atoms with van der Waals surface area (Å²) in [7, 11) is 0. The quantitative estimate of drug-likeness (QED) is 0.691. The Labute approximate surface area is 62.4 Å². The molecule has 0 unspecified atom stereocenters. The molecule has 1 aliphatic carbocycles. The molecule has 52 valence electrons. The van der Waals surface area contributed by atoms with Gasteiger partial charge in [0.25, 0.3) is 0 Å². The summed E-state index contributed by atoms with van der Waals surface area (Å²) in [5, 5.41) is 8.41. The molecule has 0 heterocycles. The zero-order valence-electron chi connectivity index (χ0n) is 5.01. The van der Waals surface area contributed by atoms with E-state index in [9.17, 15) is 4.79 Å². The van der Waals surface area contributed by atoms with E-state index in [0.717, 1.165) is 6.42 Å². The van der Waals surface area contributed by atoms with Crippen molar-refractivity contribution in [1.82, 2.24) is 0 Å². The van der Waals surface area contributed by atoms with Gasteiger partial charge in [-0.1, -0.05) is 28.8 Å². The van der Waals surface area contributed by atoms with Gasteiger partial charge in [0.05, 0.1) is 0 Å². The maximum atomic E-state index is 10.2. The molecule has 0 bridgehead atoms. The largest absolute Gasteiger partial charge is 0.480 e. The molecular weight excluding hydrogens is 184 g/mol. The van der Waals surface area contributed by atoms with Crippen molar-refractivity contribution in [3.63, 3.8) is 0 Å². The van der Waals surface area contributed by atoms with Gasteiger partial charge in [-0.3, -0.25) is 4.79 Å². The number of hydrogen-bond donors (Lipinski definition) is 1. The standard InChI is InChI=1S/C6H9BrO2/c7-5(6(8)9)3-4-1-2-4/h4-5H,1-3H2,(H,8,9)/t5-/m0/s1. The molecule has 0 aromatic rings. The van der Waals surface area contributed by atoms with E-state index in [1.165, 1.54) is 12.8 Å². The zero-order chi connectivity index (χ0) is 6.85. The molecule has 0 amide bonds. The van der Waals surface area contributed by atoms with Crippen molar-refractivity contribution in [1.29, 1.82) is 0 Å². The first-order chi connectivity index (χ1) is 4.20. The molecular formula is C6H9BrO2. The van der Waals surface area contributed by atoms with Crippen molar-refractivity contribution in [2.75, 3.05) is 0 Å². The highest BCUT2D eigenvalue weighted by Gasteiger charge is 2.27. The number of carboxylic acids is 1. The van der Waals surface area contributed by atoms with E-state index in [0.29, 0.717) is 5.92 Å². The van der Waals surface area contributed by atoms with Crippen LogP contribution >= 0.6 is 15.9 Å². The summed E-state index contributed by atoms with van der Waals surface area (Å²) in [4.78, 5) is 9.90. The van der Waals surface area contributed by atoms with Gasteiger partial charge in [-0.25, -0.2) is 0 Å². The topological polar surface area (TPSA) is 37.3 Å². The van der Waals surface area contributed by atoms with Crippen LogP contribution in [0.1, 0.15) is 19.3 Å². The van der Waals surface area contributed by atoms with Gasteiger partial charge in [-0.2, -0.15) is 0 Å². The summed E-state index contributed by atoms with van der Waals surface area (Å²) < 4.78 is 0. The van der Waals surface area contributed by atoms with Gasteiger partial charge < -0.3 is 5.11 Å². The van der Waals surface area contributed by atoms with Gasteiger partial charge in [0, 0.05) is 0 Å². The number of carboxylic acid groups (broad SMARTS) is 1. The summed E-state index contributed by atoms with van der Waals surface area (Å²) in [5.41, 5.74) is 0. The first kappa shape index (κ1) is 7.06. The van der Waals surface area contributed by atoms with Crippen LogP contribution in [0.25, 0.3) is 0 Å². The molecule has 1 aliphatic rings. The SMILES string of the molecule is O=C(O)[C@@H](Br)CC1CC1. The molecule has 1 fully saturated rings. The summed E-state index contributed by atoms with van der Waals surface area (Å²) >= 11 is 3.08. The van der Waals surface area contributed by atoms with Crippen molar-refractivity contribution in [3.05, 3.63) is 0 Å². The van der Waals surface area contributed by atoms with E-state index < -0.39 is 5.97 Å². The third-order valence-corrected chi connectivity index (χ3v) is 2.27. The monoisotopic (exact) mass is 192 g/mol. The Morgan fingerprint density at radius 2 is 2.33 bits per heavy atom. The van der Waals surface area contributed by atoms with Crippen LogP contribution in [0.2, 0.25) is 0 Å². The Hall–Kier alpha value is -0.0500. The minimum Gasteiger partial charge on any atom is -0.480 e. The molecule has 0 aromatic carbocycles. The number of alkyl halides is 1. The van der Waals surface area contributed by atoms with E-state index in [1.807, 2.05) is 0 Å². The smallest absolute Gasteiger partial charge is 0.317 e. The molecule has 9 heavy (non-hydrogen) atoms. The van der Waals surface area contributed by atoms with Crippen LogP contribution in [0, 0.1) is 5.92 Å². The van der Waals surface area contributed by atoms with Crippen LogP contribution in [-0.4, -0.2) is 15.9 Å². The summed E-state index contributed by atoms with van der Waals surface area (Å²) in [5.74, 6) is -0.0487. The lowest BCUT2D eigenvalue weighted by atomic mass is 10.2. The van der Waals surface area contributed by atoms with Crippen LogP contribution in [-0.2, 0) is 4.79 Å². The van der Waals surface area contributed by atoms with E-state index in [2.05, 4.69) is 15.9 Å². The first-order valence-corrected chi connectivity index (χ1v) is 3.98. The highest BCUT2D eigenvalue weighted by molar-refractivity contribution is 9.10. The lowest BCUT2D eigenvalue weighted by Gasteiger charge is -1.99. The maximum Gasteiger partial charge on any atom is 0.317 e. The molecule has 1 atom stereocenters. The van der Waals surface area contributed by atoms with Crippen LogP contribution < -0.4 is 0 Å². The fourth-order valence-corrected chi connectivity index (χ4v) is 1.28. The molecule has 3 heteroatoms. The zero-order valence-corrected chi connectivity index (χ0v) is 6.60. The van der Waals surface area contributed by atoms with E-state index in [-0.39, 0.29) is 4.83 Å². The van der Waals surface area contributed by atoms with Gasteiger partial charge in [-0.15, -0.1) is 0 Å². The predicted octanol–water partition coefficient (Wildman–Crippen LogP) is 1.63. The highest BCUT2D eigenvalue weighted by atomic mass is 79.9. The minimum absolute atomic E-state index is 0.315. The third-order valence-electron chi connectivity index (χ3n) is 1.51. The van der Waals surface area contributed by atoms with Gasteiger partial charge >= 0.3 is 5.97 Å². The van der Waals surface area contributed by atoms with Crippen LogP contribution in [0.4, 0.5) is 0 Å². The number of hydrogen-bond acceptors (Lipinski definition) is 1. The molecule has 0 spiro atoms. The second kappa shape index (κ2) is 2.69. The average Bonchev–Trinajstić information content (AvgIpc) is 2.50. The van der Waals surface area contributed by atoms with Gasteiger partial charge in [-0.05, 0) is 12.3 Å². The van der Waals surface area contributed by atoms with Crippen molar-refractivity contribution in [2.45, 2.75) is 24.1 Å². The van der Waals surface area contributed by atoms with Crippen molar-refractivity contribution >= 4 is 21.9 Å². The van der Waals surface area contributed by atoms with Crippen molar-refractivity contribution in [2.24, 2.45) is 5.92 Å². The molecule has 2 nitrogen and oxygen atoms in total. The number of aliphatic carboxylic acids is 1. The van der Waals surface area contributed by atoms with E-state index in [1.54, 1.807) is 0 Å². The Balaban J connectivity index is 2.16.